The van der Waals surface area contributed by atoms with Crippen molar-refractivity contribution in [2.24, 2.45) is 0 Å². The maximum Gasteiger partial charge on any atom is 0.248 e. The molecule has 218 valence electrons. The van der Waals surface area contributed by atoms with E-state index in [4.69, 9.17) is 14.4 Å². The fourth-order valence-corrected chi connectivity index (χ4v) is 5.50. The lowest BCUT2D eigenvalue weighted by Gasteiger charge is -2.25. The number of hydrogen-bond acceptors (Lipinski definition) is 7. The lowest BCUT2D eigenvalue weighted by molar-refractivity contribution is 0.584. The first-order valence-corrected chi connectivity index (χ1v) is 14.9. The van der Waals surface area contributed by atoms with Gasteiger partial charge < -0.3 is 9.32 Å². The smallest absolute Gasteiger partial charge is 0.248 e. The van der Waals surface area contributed by atoms with Gasteiger partial charge in [-0.1, -0.05) is 72.8 Å². The second-order valence-corrected chi connectivity index (χ2v) is 10.7. The Bertz CT molecular complexity index is 2240. The largest absolute Gasteiger partial charge is 0.416 e. The van der Waals surface area contributed by atoms with Crippen molar-refractivity contribution in [3.8, 4) is 45.4 Å². The van der Waals surface area contributed by atoms with Crippen molar-refractivity contribution in [1.82, 2.24) is 25.1 Å². The predicted molar refractivity (Wildman–Crippen MR) is 182 cm³/mol. The van der Waals surface area contributed by atoms with Gasteiger partial charge >= 0.3 is 0 Å². The molecule has 0 aliphatic heterocycles. The number of pyridine rings is 1. The summed E-state index contributed by atoms with van der Waals surface area (Å²) in [6.07, 6.45) is 3.41. The molecule has 3 aromatic heterocycles. The Hall–Kier alpha value is -6.47. The van der Waals surface area contributed by atoms with Crippen LogP contribution in [-0.4, -0.2) is 25.1 Å². The van der Waals surface area contributed by atoms with Crippen LogP contribution in [0, 0.1) is 0 Å². The number of nitrogens with zero attached hydrogens (tertiary/aromatic N) is 6. The number of para-hydroxylation sites is 3. The molecule has 0 radical (unpaired) electrons. The highest BCUT2D eigenvalue weighted by atomic mass is 16.4. The molecule has 0 saturated carbocycles. The molecule has 0 fully saturated rings. The Balaban J connectivity index is 1.16. The third-order valence-corrected chi connectivity index (χ3v) is 7.76. The first kappa shape index (κ1) is 27.1. The SMILES string of the molecule is c1ccc(-c2nc3ccccc3nc2-c2ccc(N(c3ccccc3)c3ccc(-c4nnc(-c5ccncc5)o4)cc3)cc2)cc1. The molecule has 8 aromatic rings. The molecule has 0 atom stereocenters. The lowest BCUT2D eigenvalue weighted by Crippen LogP contribution is -2.09. The first-order chi connectivity index (χ1) is 22.8. The van der Waals surface area contributed by atoms with Crippen molar-refractivity contribution >= 4 is 28.1 Å². The highest BCUT2D eigenvalue weighted by Crippen LogP contribution is 2.38. The van der Waals surface area contributed by atoms with Gasteiger partial charge in [0.2, 0.25) is 11.8 Å². The zero-order chi connectivity index (χ0) is 30.7. The number of aromatic nitrogens is 5. The fraction of sp³-hybridized carbons (Fsp3) is 0. The molecule has 0 spiro atoms. The van der Waals surface area contributed by atoms with Crippen LogP contribution < -0.4 is 4.90 Å². The molecule has 0 aliphatic rings. The second-order valence-electron chi connectivity index (χ2n) is 10.7. The monoisotopic (exact) mass is 594 g/mol. The van der Waals surface area contributed by atoms with E-state index in [1.54, 1.807) is 12.4 Å². The molecule has 0 aliphatic carbocycles. The van der Waals surface area contributed by atoms with Gasteiger partial charge in [0.15, 0.2) is 0 Å². The summed E-state index contributed by atoms with van der Waals surface area (Å²) in [5.41, 5.74) is 10.2. The standard InChI is InChI=1S/C39H26N6O/c1-3-9-27(10-4-1)36-37(42-35-14-8-7-13-34(35)41-36)28-15-19-32(20-16-28)45(31-11-5-2-6-12-31)33-21-17-29(18-22-33)38-43-44-39(46-38)30-23-25-40-26-24-30/h1-26H. The quantitative estimate of drug-likeness (QED) is 0.182. The Kier molecular flexibility index (Phi) is 7.01. The van der Waals surface area contributed by atoms with Gasteiger partial charge in [0.1, 0.15) is 0 Å². The van der Waals surface area contributed by atoms with Crippen molar-refractivity contribution < 1.29 is 4.42 Å². The highest BCUT2D eigenvalue weighted by molar-refractivity contribution is 5.87. The van der Waals surface area contributed by atoms with E-state index in [0.717, 1.165) is 61.7 Å². The van der Waals surface area contributed by atoms with Gasteiger partial charge in [-0.3, -0.25) is 4.98 Å². The molecule has 7 heteroatoms. The van der Waals surface area contributed by atoms with Gasteiger partial charge in [-0.25, -0.2) is 9.97 Å². The zero-order valence-electron chi connectivity index (χ0n) is 24.6. The Morgan fingerprint density at radius 3 is 1.39 bits per heavy atom. The fourth-order valence-electron chi connectivity index (χ4n) is 5.50. The minimum absolute atomic E-state index is 0.457. The summed E-state index contributed by atoms with van der Waals surface area (Å²) in [7, 11) is 0. The van der Waals surface area contributed by atoms with Crippen LogP contribution in [0.4, 0.5) is 17.1 Å². The molecule has 46 heavy (non-hydrogen) atoms. The maximum absolute atomic E-state index is 5.97. The predicted octanol–water partition coefficient (Wildman–Crippen LogP) is 9.55. The van der Waals surface area contributed by atoms with Crippen LogP contribution in [0.1, 0.15) is 0 Å². The normalized spacial score (nSPS) is 11.0. The second kappa shape index (κ2) is 11.9. The maximum atomic E-state index is 5.97. The van der Waals surface area contributed by atoms with E-state index >= 15 is 0 Å². The van der Waals surface area contributed by atoms with Gasteiger partial charge in [0, 0.05) is 51.7 Å². The molecule has 0 amide bonds. The summed E-state index contributed by atoms with van der Waals surface area (Å²) >= 11 is 0. The summed E-state index contributed by atoms with van der Waals surface area (Å²) in [6, 6.07) is 48.8. The first-order valence-electron chi connectivity index (χ1n) is 14.9. The average Bonchev–Trinajstić information content (AvgIpc) is 3.64. The van der Waals surface area contributed by atoms with Crippen molar-refractivity contribution in [1.29, 1.82) is 0 Å². The molecule has 0 N–H and O–H groups in total. The molecule has 3 heterocycles. The Morgan fingerprint density at radius 2 is 0.826 bits per heavy atom. The Morgan fingerprint density at radius 1 is 0.391 bits per heavy atom. The van der Waals surface area contributed by atoms with Gasteiger partial charge in [-0.05, 0) is 72.8 Å². The molecule has 7 nitrogen and oxygen atoms in total. The van der Waals surface area contributed by atoms with Crippen molar-refractivity contribution in [3.05, 3.63) is 158 Å². The number of rotatable bonds is 7. The molecule has 0 unspecified atom stereocenters. The van der Waals surface area contributed by atoms with E-state index in [0.29, 0.717) is 11.8 Å². The van der Waals surface area contributed by atoms with E-state index in [2.05, 4.69) is 80.7 Å². The van der Waals surface area contributed by atoms with Crippen LogP contribution in [0.15, 0.2) is 162 Å². The summed E-state index contributed by atoms with van der Waals surface area (Å²) in [5, 5.41) is 8.50. The molecule has 5 aromatic carbocycles. The summed E-state index contributed by atoms with van der Waals surface area (Å²) in [6.45, 7) is 0. The van der Waals surface area contributed by atoms with Crippen molar-refractivity contribution in [3.63, 3.8) is 0 Å². The van der Waals surface area contributed by atoms with E-state index in [1.807, 2.05) is 84.9 Å². The van der Waals surface area contributed by atoms with Gasteiger partial charge in [0.05, 0.1) is 22.4 Å². The zero-order valence-corrected chi connectivity index (χ0v) is 24.6. The van der Waals surface area contributed by atoms with Gasteiger partial charge in [-0.2, -0.15) is 0 Å². The van der Waals surface area contributed by atoms with Crippen LogP contribution in [-0.2, 0) is 0 Å². The highest BCUT2D eigenvalue weighted by Gasteiger charge is 2.17. The number of hydrogen-bond donors (Lipinski definition) is 0. The van der Waals surface area contributed by atoms with Crippen LogP contribution in [0.2, 0.25) is 0 Å². The Labute approximate surface area is 265 Å². The molecule has 0 saturated heterocycles. The minimum Gasteiger partial charge on any atom is -0.416 e. The molecular formula is C39H26N6O. The van der Waals surface area contributed by atoms with Crippen LogP contribution in [0.3, 0.4) is 0 Å². The van der Waals surface area contributed by atoms with Crippen molar-refractivity contribution in [2.45, 2.75) is 0 Å². The van der Waals surface area contributed by atoms with Crippen LogP contribution in [0.25, 0.3) is 56.5 Å². The van der Waals surface area contributed by atoms with E-state index in [-0.39, 0.29) is 0 Å². The van der Waals surface area contributed by atoms with E-state index in [1.165, 1.54) is 0 Å². The van der Waals surface area contributed by atoms with E-state index < -0.39 is 0 Å². The number of anilines is 3. The summed E-state index contributed by atoms with van der Waals surface area (Å²) in [5.74, 6) is 0.915. The number of fused-ring (bicyclic) bond motifs is 1. The van der Waals surface area contributed by atoms with Crippen LogP contribution >= 0.6 is 0 Å². The molecule has 8 rings (SSSR count). The average molecular weight is 595 g/mol. The van der Waals surface area contributed by atoms with Crippen LogP contribution in [0.5, 0.6) is 0 Å². The lowest BCUT2D eigenvalue weighted by atomic mass is 10.0. The summed E-state index contributed by atoms with van der Waals surface area (Å²) in [4.78, 5) is 16.4. The van der Waals surface area contributed by atoms with Gasteiger partial charge in [0.25, 0.3) is 0 Å². The molecular weight excluding hydrogens is 568 g/mol. The third kappa shape index (κ3) is 5.27. The number of benzene rings is 5. The van der Waals surface area contributed by atoms with E-state index in [9.17, 15) is 0 Å². The van der Waals surface area contributed by atoms with Gasteiger partial charge in [-0.15, -0.1) is 10.2 Å². The summed E-state index contributed by atoms with van der Waals surface area (Å²) < 4.78 is 5.97. The third-order valence-electron chi connectivity index (χ3n) is 7.76. The topological polar surface area (TPSA) is 80.8 Å². The van der Waals surface area contributed by atoms with Crippen molar-refractivity contribution in [2.75, 3.05) is 4.90 Å². The minimum atomic E-state index is 0.457. The molecule has 0 bridgehead atoms.